The van der Waals surface area contributed by atoms with E-state index in [0.29, 0.717) is 12.1 Å². The molecule has 1 fully saturated rings. The molecule has 0 saturated carbocycles. The van der Waals surface area contributed by atoms with Crippen LogP contribution in [-0.4, -0.2) is 44.8 Å². The first-order valence-corrected chi connectivity index (χ1v) is 7.16. The summed E-state index contributed by atoms with van der Waals surface area (Å²) in [5.74, 6) is 0. The Labute approximate surface area is 108 Å². The quantitative estimate of drug-likeness (QED) is 0.871. The van der Waals surface area contributed by atoms with Gasteiger partial charge in [0.05, 0.1) is 12.6 Å². The first-order chi connectivity index (χ1) is 8.27. The zero-order valence-electron chi connectivity index (χ0n) is 10.7. The lowest BCUT2D eigenvalue weighted by Crippen LogP contribution is -2.41. The normalized spacial score (nSPS) is 22.9. The highest BCUT2D eigenvalue weighted by atomic mass is 32.1. The summed E-state index contributed by atoms with van der Waals surface area (Å²) < 4.78 is 5.49. The summed E-state index contributed by atoms with van der Waals surface area (Å²) in [7, 11) is 4.28. The lowest BCUT2D eigenvalue weighted by atomic mass is 10.1. The maximum absolute atomic E-state index is 5.49. The number of hydrogen-bond donors (Lipinski definition) is 1. The molecular weight excluding hydrogens is 232 g/mol. The smallest absolute Gasteiger partial charge is 0.0619 e. The van der Waals surface area contributed by atoms with Gasteiger partial charge in [-0.1, -0.05) is 6.07 Å². The van der Waals surface area contributed by atoms with Crippen molar-refractivity contribution in [2.24, 2.45) is 0 Å². The van der Waals surface area contributed by atoms with E-state index >= 15 is 0 Å². The predicted molar refractivity (Wildman–Crippen MR) is 72.6 cm³/mol. The average molecular weight is 254 g/mol. The van der Waals surface area contributed by atoms with Gasteiger partial charge in [-0.25, -0.2) is 0 Å². The standard InChI is InChI=1S/C13H22N2OS/c1-15(2)12(13-6-4-8-17-13)9-14-11-5-3-7-16-10-11/h4,6,8,11-12,14H,3,5,7,9-10H2,1-2H3. The second-order valence-electron chi connectivity index (χ2n) is 4.82. The highest BCUT2D eigenvalue weighted by Crippen LogP contribution is 2.22. The monoisotopic (exact) mass is 254 g/mol. The highest BCUT2D eigenvalue weighted by molar-refractivity contribution is 7.10. The van der Waals surface area contributed by atoms with Crippen molar-refractivity contribution in [1.82, 2.24) is 10.2 Å². The Morgan fingerprint density at radius 1 is 1.59 bits per heavy atom. The van der Waals surface area contributed by atoms with Crippen LogP contribution in [0.2, 0.25) is 0 Å². The van der Waals surface area contributed by atoms with Crippen molar-refractivity contribution >= 4 is 11.3 Å². The maximum Gasteiger partial charge on any atom is 0.0619 e. The fourth-order valence-corrected chi connectivity index (χ4v) is 3.12. The predicted octanol–water partition coefficient (Wildman–Crippen LogP) is 2.12. The van der Waals surface area contributed by atoms with Crippen LogP contribution in [0.4, 0.5) is 0 Å². The molecule has 0 amide bonds. The van der Waals surface area contributed by atoms with Gasteiger partial charge in [-0.2, -0.15) is 0 Å². The van der Waals surface area contributed by atoms with Crippen LogP contribution in [-0.2, 0) is 4.74 Å². The van der Waals surface area contributed by atoms with Crippen molar-refractivity contribution in [2.45, 2.75) is 24.9 Å². The second kappa shape index (κ2) is 6.50. The van der Waals surface area contributed by atoms with Crippen LogP contribution < -0.4 is 5.32 Å². The number of thiophene rings is 1. The summed E-state index contributed by atoms with van der Waals surface area (Å²) in [5.41, 5.74) is 0. The van der Waals surface area contributed by atoms with Crippen LogP contribution in [0.25, 0.3) is 0 Å². The minimum atomic E-state index is 0.469. The Morgan fingerprint density at radius 2 is 2.47 bits per heavy atom. The molecule has 0 bridgehead atoms. The molecule has 1 aromatic heterocycles. The first kappa shape index (κ1) is 13.0. The highest BCUT2D eigenvalue weighted by Gasteiger charge is 2.18. The number of nitrogens with zero attached hydrogens (tertiary/aromatic N) is 1. The van der Waals surface area contributed by atoms with Crippen LogP contribution in [0.15, 0.2) is 17.5 Å². The zero-order chi connectivity index (χ0) is 12.1. The minimum absolute atomic E-state index is 0.469. The molecule has 4 heteroatoms. The molecule has 0 aromatic carbocycles. The summed E-state index contributed by atoms with van der Waals surface area (Å²) in [6.45, 7) is 2.80. The van der Waals surface area contributed by atoms with E-state index in [1.165, 1.54) is 17.7 Å². The molecule has 2 atom stereocenters. The third-order valence-electron chi connectivity index (χ3n) is 3.26. The Bertz CT molecular complexity index is 307. The van der Waals surface area contributed by atoms with E-state index in [2.05, 4.69) is 41.8 Å². The maximum atomic E-state index is 5.49. The Morgan fingerprint density at radius 3 is 3.06 bits per heavy atom. The van der Waals surface area contributed by atoms with Crippen LogP contribution in [0, 0.1) is 0 Å². The number of likely N-dealkylation sites (N-methyl/N-ethyl adjacent to an activating group) is 1. The number of nitrogens with one attached hydrogen (secondary N) is 1. The van der Waals surface area contributed by atoms with E-state index < -0.39 is 0 Å². The summed E-state index contributed by atoms with van der Waals surface area (Å²) in [6.07, 6.45) is 2.42. The SMILES string of the molecule is CN(C)C(CNC1CCCOC1)c1cccs1. The second-order valence-corrected chi connectivity index (χ2v) is 5.80. The molecule has 0 spiro atoms. The van der Waals surface area contributed by atoms with Gasteiger partial charge < -0.3 is 15.0 Å². The number of rotatable bonds is 5. The summed E-state index contributed by atoms with van der Waals surface area (Å²) in [6, 6.07) is 5.34. The van der Waals surface area contributed by atoms with E-state index in [9.17, 15) is 0 Å². The molecule has 2 unspecified atom stereocenters. The molecule has 2 rings (SSSR count). The van der Waals surface area contributed by atoms with Crippen molar-refractivity contribution in [3.05, 3.63) is 22.4 Å². The van der Waals surface area contributed by atoms with Gasteiger partial charge in [-0.15, -0.1) is 11.3 Å². The molecule has 1 N–H and O–H groups in total. The van der Waals surface area contributed by atoms with Gasteiger partial charge in [0.25, 0.3) is 0 Å². The average Bonchev–Trinajstić information content (AvgIpc) is 2.84. The fourth-order valence-electron chi connectivity index (χ4n) is 2.20. The molecular formula is C13H22N2OS. The van der Waals surface area contributed by atoms with Crippen molar-refractivity contribution in [2.75, 3.05) is 33.9 Å². The van der Waals surface area contributed by atoms with Gasteiger partial charge in [0.1, 0.15) is 0 Å². The fraction of sp³-hybridized carbons (Fsp3) is 0.692. The summed E-state index contributed by atoms with van der Waals surface area (Å²) in [5, 5.41) is 5.78. The molecule has 0 aliphatic carbocycles. The zero-order valence-corrected chi connectivity index (χ0v) is 11.5. The van der Waals surface area contributed by atoms with Crippen molar-refractivity contribution in [3.8, 4) is 0 Å². The minimum Gasteiger partial charge on any atom is -0.380 e. The van der Waals surface area contributed by atoms with Crippen molar-refractivity contribution < 1.29 is 4.74 Å². The van der Waals surface area contributed by atoms with E-state index in [1.54, 1.807) is 0 Å². The third kappa shape index (κ3) is 3.78. The lowest BCUT2D eigenvalue weighted by molar-refractivity contribution is 0.0681. The third-order valence-corrected chi connectivity index (χ3v) is 4.23. The molecule has 1 aliphatic heterocycles. The van der Waals surface area contributed by atoms with Crippen molar-refractivity contribution in [1.29, 1.82) is 0 Å². The Kier molecular flexibility index (Phi) is 4.98. The summed E-state index contributed by atoms with van der Waals surface area (Å²) in [4.78, 5) is 3.71. The van der Waals surface area contributed by atoms with Crippen LogP contribution in [0.3, 0.4) is 0 Å². The molecule has 1 aliphatic rings. The van der Waals surface area contributed by atoms with Gasteiger partial charge >= 0.3 is 0 Å². The van der Waals surface area contributed by atoms with Gasteiger partial charge in [-0.3, -0.25) is 0 Å². The molecule has 2 heterocycles. The van der Waals surface area contributed by atoms with Gasteiger partial charge in [0.2, 0.25) is 0 Å². The Hall–Kier alpha value is -0.420. The van der Waals surface area contributed by atoms with E-state index in [0.717, 1.165) is 19.8 Å². The molecule has 17 heavy (non-hydrogen) atoms. The van der Waals surface area contributed by atoms with Gasteiger partial charge in [-0.05, 0) is 38.4 Å². The van der Waals surface area contributed by atoms with Crippen molar-refractivity contribution in [3.63, 3.8) is 0 Å². The Balaban J connectivity index is 1.85. The van der Waals surface area contributed by atoms with Gasteiger partial charge in [0.15, 0.2) is 0 Å². The molecule has 1 aromatic rings. The number of hydrogen-bond acceptors (Lipinski definition) is 4. The van der Waals surface area contributed by atoms with Crippen LogP contribution >= 0.6 is 11.3 Å². The van der Waals surface area contributed by atoms with Crippen LogP contribution in [0.5, 0.6) is 0 Å². The summed E-state index contributed by atoms with van der Waals surface area (Å²) >= 11 is 1.83. The molecule has 0 radical (unpaired) electrons. The largest absolute Gasteiger partial charge is 0.380 e. The lowest BCUT2D eigenvalue weighted by Gasteiger charge is -2.28. The number of ether oxygens (including phenoxy) is 1. The van der Waals surface area contributed by atoms with Crippen LogP contribution in [0.1, 0.15) is 23.8 Å². The molecule has 1 saturated heterocycles. The topological polar surface area (TPSA) is 24.5 Å². The van der Waals surface area contributed by atoms with E-state index in [1.807, 2.05) is 11.3 Å². The van der Waals surface area contributed by atoms with E-state index in [4.69, 9.17) is 4.74 Å². The van der Waals surface area contributed by atoms with E-state index in [-0.39, 0.29) is 0 Å². The molecule has 3 nitrogen and oxygen atoms in total. The molecule has 96 valence electrons. The van der Waals surface area contributed by atoms with Gasteiger partial charge in [0, 0.05) is 24.1 Å². The first-order valence-electron chi connectivity index (χ1n) is 6.28.